The second-order valence-electron chi connectivity index (χ2n) is 17.5. The van der Waals surface area contributed by atoms with Crippen LogP contribution in [0.3, 0.4) is 0 Å². The normalized spacial score (nSPS) is 12.9. The number of aliphatic hydroxyl groups is 2. The van der Waals surface area contributed by atoms with Crippen molar-refractivity contribution < 1.29 is 24.5 Å². The van der Waals surface area contributed by atoms with E-state index in [1.165, 1.54) is 180 Å². The van der Waals surface area contributed by atoms with Gasteiger partial charge in [-0.05, 0) is 64.2 Å². The van der Waals surface area contributed by atoms with Crippen molar-refractivity contribution in [2.75, 3.05) is 13.2 Å². The van der Waals surface area contributed by atoms with Crippen molar-refractivity contribution in [3.05, 3.63) is 36.5 Å². The first-order valence-electron chi connectivity index (χ1n) is 25.8. The summed E-state index contributed by atoms with van der Waals surface area (Å²) in [5.41, 5.74) is 0. The SMILES string of the molecule is CCCCC/C=C\C/C=C\CCCCCCCCCC(=O)OCCCCCCCCCCCCCCCCCCC(=O)NC(CO)C(O)/C=C/CCCCCCCCC. The summed E-state index contributed by atoms with van der Waals surface area (Å²) in [6.07, 6.45) is 58.6. The Morgan fingerprint density at radius 1 is 0.475 bits per heavy atom. The number of carbonyl (C=O) groups is 2. The summed E-state index contributed by atoms with van der Waals surface area (Å²) in [4.78, 5) is 24.4. The smallest absolute Gasteiger partial charge is 0.305 e. The van der Waals surface area contributed by atoms with E-state index in [1.54, 1.807) is 6.08 Å². The molecular weight excluding hydrogens is 731 g/mol. The number of aliphatic hydroxyl groups excluding tert-OH is 2. The molecule has 0 aliphatic rings. The maximum atomic E-state index is 12.4. The van der Waals surface area contributed by atoms with Gasteiger partial charge < -0.3 is 20.3 Å². The van der Waals surface area contributed by atoms with Gasteiger partial charge in [-0.25, -0.2) is 0 Å². The third kappa shape index (κ3) is 45.4. The average molecular weight is 830 g/mol. The van der Waals surface area contributed by atoms with Crippen LogP contribution in [-0.4, -0.2) is 47.4 Å². The molecule has 0 fully saturated rings. The third-order valence-corrected chi connectivity index (χ3v) is 11.7. The molecule has 2 atom stereocenters. The monoisotopic (exact) mass is 830 g/mol. The number of allylic oxidation sites excluding steroid dienone is 5. The zero-order chi connectivity index (χ0) is 43.0. The van der Waals surface area contributed by atoms with E-state index >= 15 is 0 Å². The minimum Gasteiger partial charge on any atom is -0.466 e. The van der Waals surface area contributed by atoms with Crippen LogP contribution in [0.2, 0.25) is 0 Å². The predicted molar refractivity (Wildman–Crippen MR) is 255 cm³/mol. The first-order valence-corrected chi connectivity index (χ1v) is 25.8. The van der Waals surface area contributed by atoms with Crippen molar-refractivity contribution in [1.29, 1.82) is 0 Å². The summed E-state index contributed by atoms with van der Waals surface area (Å²) < 4.78 is 5.47. The Balaban J connectivity index is 3.42. The van der Waals surface area contributed by atoms with Crippen LogP contribution < -0.4 is 5.32 Å². The number of ether oxygens (including phenoxy) is 1. The lowest BCUT2D eigenvalue weighted by Crippen LogP contribution is -2.45. The highest BCUT2D eigenvalue weighted by Crippen LogP contribution is 2.16. The highest BCUT2D eigenvalue weighted by molar-refractivity contribution is 5.76. The minimum absolute atomic E-state index is 0.00652. The molecule has 0 rings (SSSR count). The van der Waals surface area contributed by atoms with Crippen molar-refractivity contribution >= 4 is 11.9 Å². The van der Waals surface area contributed by atoms with Gasteiger partial charge in [-0.15, -0.1) is 0 Å². The van der Waals surface area contributed by atoms with Crippen LogP contribution in [0.25, 0.3) is 0 Å². The van der Waals surface area contributed by atoms with Crippen molar-refractivity contribution in [2.24, 2.45) is 0 Å². The van der Waals surface area contributed by atoms with E-state index < -0.39 is 12.1 Å². The summed E-state index contributed by atoms with van der Waals surface area (Å²) >= 11 is 0. The molecule has 0 aliphatic carbocycles. The van der Waals surface area contributed by atoms with Crippen LogP contribution in [-0.2, 0) is 14.3 Å². The van der Waals surface area contributed by atoms with E-state index in [-0.39, 0.29) is 18.5 Å². The second-order valence-corrected chi connectivity index (χ2v) is 17.5. The molecule has 0 aromatic carbocycles. The molecule has 0 spiro atoms. The zero-order valence-corrected chi connectivity index (χ0v) is 39.2. The number of unbranched alkanes of at least 4 members (excludes halogenated alkanes) is 32. The quantitative estimate of drug-likeness (QED) is 0.0323. The van der Waals surface area contributed by atoms with Gasteiger partial charge in [0.15, 0.2) is 0 Å². The third-order valence-electron chi connectivity index (χ3n) is 11.7. The Labute approximate surface area is 366 Å². The number of hydrogen-bond donors (Lipinski definition) is 3. The van der Waals surface area contributed by atoms with Gasteiger partial charge in [0.1, 0.15) is 0 Å². The maximum Gasteiger partial charge on any atom is 0.305 e. The summed E-state index contributed by atoms with van der Waals surface area (Å²) in [6.45, 7) is 4.83. The average Bonchev–Trinajstić information content (AvgIpc) is 3.24. The van der Waals surface area contributed by atoms with E-state index in [0.29, 0.717) is 19.4 Å². The van der Waals surface area contributed by atoms with Crippen molar-refractivity contribution in [1.82, 2.24) is 5.32 Å². The summed E-state index contributed by atoms with van der Waals surface area (Å²) in [7, 11) is 0. The zero-order valence-electron chi connectivity index (χ0n) is 39.2. The molecule has 6 heteroatoms. The van der Waals surface area contributed by atoms with E-state index in [2.05, 4.69) is 43.5 Å². The van der Waals surface area contributed by atoms with Crippen LogP contribution in [0.4, 0.5) is 0 Å². The van der Waals surface area contributed by atoms with E-state index in [0.717, 1.165) is 57.8 Å². The first kappa shape index (κ1) is 57.1. The molecule has 0 aromatic heterocycles. The molecule has 0 saturated heterocycles. The van der Waals surface area contributed by atoms with E-state index in [1.807, 2.05) is 6.08 Å². The van der Waals surface area contributed by atoms with Crippen LogP contribution in [0, 0.1) is 0 Å². The van der Waals surface area contributed by atoms with E-state index in [9.17, 15) is 19.8 Å². The fourth-order valence-corrected chi connectivity index (χ4v) is 7.66. The lowest BCUT2D eigenvalue weighted by Gasteiger charge is -2.20. The van der Waals surface area contributed by atoms with Gasteiger partial charge in [-0.3, -0.25) is 9.59 Å². The van der Waals surface area contributed by atoms with Crippen molar-refractivity contribution in [3.8, 4) is 0 Å². The molecule has 59 heavy (non-hydrogen) atoms. The highest BCUT2D eigenvalue weighted by atomic mass is 16.5. The molecule has 3 N–H and O–H groups in total. The molecule has 6 nitrogen and oxygen atoms in total. The topological polar surface area (TPSA) is 95.9 Å². The Bertz CT molecular complexity index is 962. The lowest BCUT2D eigenvalue weighted by atomic mass is 10.0. The fourth-order valence-electron chi connectivity index (χ4n) is 7.66. The summed E-state index contributed by atoms with van der Waals surface area (Å²) in [6, 6.07) is -0.631. The Kier molecular flexibility index (Phi) is 47.2. The molecular formula is C53H99NO5. The second kappa shape index (κ2) is 48.7. The molecule has 0 radical (unpaired) electrons. The van der Waals surface area contributed by atoms with Gasteiger partial charge in [-0.1, -0.05) is 224 Å². The van der Waals surface area contributed by atoms with E-state index in [4.69, 9.17) is 4.74 Å². The van der Waals surface area contributed by atoms with Gasteiger partial charge >= 0.3 is 5.97 Å². The molecule has 0 aliphatic heterocycles. The van der Waals surface area contributed by atoms with Gasteiger partial charge in [0, 0.05) is 12.8 Å². The Morgan fingerprint density at radius 3 is 1.32 bits per heavy atom. The molecule has 0 bridgehead atoms. The van der Waals surface area contributed by atoms with Crippen LogP contribution in [0.1, 0.15) is 264 Å². The fraction of sp³-hybridized carbons (Fsp3) is 0.849. The Hall–Kier alpha value is -1.92. The maximum absolute atomic E-state index is 12.4. The molecule has 0 saturated carbocycles. The molecule has 346 valence electrons. The molecule has 1 amide bonds. The summed E-state index contributed by atoms with van der Waals surface area (Å²) in [5, 5.41) is 22.9. The minimum atomic E-state index is -0.847. The number of hydrogen-bond acceptors (Lipinski definition) is 5. The molecule has 2 unspecified atom stereocenters. The number of rotatable bonds is 47. The number of carbonyl (C=O) groups excluding carboxylic acids is 2. The summed E-state index contributed by atoms with van der Waals surface area (Å²) in [5.74, 6) is -0.0851. The van der Waals surface area contributed by atoms with Gasteiger partial charge in [0.25, 0.3) is 0 Å². The van der Waals surface area contributed by atoms with Crippen LogP contribution in [0.5, 0.6) is 0 Å². The first-order chi connectivity index (χ1) is 29.0. The van der Waals surface area contributed by atoms with Gasteiger partial charge in [0.05, 0.1) is 25.4 Å². The number of esters is 1. The van der Waals surface area contributed by atoms with Crippen LogP contribution >= 0.6 is 0 Å². The molecule has 0 aromatic rings. The highest BCUT2D eigenvalue weighted by Gasteiger charge is 2.18. The van der Waals surface area contributed by atoms with Crippen molar-refractivity contribution in [2.45, 2.75) is 276 Å². The standard InChI is InChI=1S/C53H99NO5/c1-3-5-7-9-11-13-14-15-16-17-21-24-27-31-35-39-43-47-53(58)59-48-44-40-36-32-28-25-22-19-18-20-23-26-30-34-38-42-46-52(57)54-50(49-55)51(56)45-41-37-33-29-12-10-8-6-4-2/h11,13,15-16,41,45,50-51,55-56H,3-10,12,14,17-40,42-44,46-49H2,1-2H3,(H,54,57)/b13-11-,16-15-,45-41+. The predicted octanol–water partition coefficient (Wildman–Crippen LogP) is 15.3. The lowest BCUT2D eigenvalue weighted by molar-refractivity contribution is -0.143. The largest absolute Gasteiger partial charge is 0.466 e. The van der Waals surface area contributed by atoms with Crippen LogP contribution in [0.15, 0.2) is 36.5 Å². The molecule has 0 heterocycles. The van der Waals surface area contributed by atoms with Gasteiger partial charge in [-0.2, -0.15) is 0 Å². The number of nitrogens with one attached hydrogen (secondary N) is 1. The van der Waals surface area contributed by atoms with Crippen molar-refractivity contribution in [3.63, 3.8) is 0 Å². The Morgan fingerprint density at radius 2 is 0.847 bits per heavy atom. The number of amides is 1. The van der Waals surface area contributed by atoms with Gasteiger partial charge in [0.2, 0.25) is 5.91 Å².